The smallest absolute Gasteiger partial charge is 0.220 e. The summed E-state index contributed by atoms with van der Waals surface area (Å²) in [6, 6.07) is 17.2. The van der Waals surface area contributed by atoms with Crippen molar-refractivity contribution in [2.45, 2.75) is 26.2 Å². The third kappa shape index (κ3) is 6.42. The van der Waals surface area contributed by atoms with E-state index in [9.17, 15) is 9.59 Å². The Morgan fingerprint density at radius 3 is 2.52 bits per heavy atom. The molecule has 0 saturated carbocycles. The molecule has 2 aromatic carbocycles. The van der Waals surface area contributed by atoms with Crippen LogP contribution in [-0.2, 0) is 11.2 Å². The summed E-state index contributed by atoms with van der Waals surface area (Å²) in [4.78, 5) is 24.1. The highest BCUT2D eigenvalue weighted by molar-refractivity contribution is 5.98. The van der Waals surface area contributed by atoms with Crippen molar-refractivity contribution in [1.82, 2.24) is 5.32 Å². The van der Waals surface area contributed by atoms with Crippen LogP contribution in [0.3, 0.4) is 0 Å². The quantitative estimate of drug-likeness (QED) is 0.710. The molecule has 1 unspecified atom stereocenters. The highest BCUT2D eigenvalue weighted by Crippen LogP contribution is 2.14. The predicted octanol–water partition coefficient (Wildman–Crippen LogP) is 3.65. The number of rotatable bonds is 9. The number of methoxy groups -OCH3 is 1. The number of hydrogen-bond acceptors (Lipinski definition) is 3. The second-order valence-corrected chi connectivity index (χ2v) is 6.25. The van der Waals surface area contributed by atoms with Crippen LogP contribution in [-0.4, -0.2) is 25.3 Å². The number of carbonyl (C=O) groups excluding carboxylic acids is 2. The molecule has 4 nitrogen and oxygen atoms in total. The van der Waals surface area contributed by atoms with E-state index < -0.39 is 0 Å². The Labute approximate surface area is 149 Å². The average Bonchev–Trinajstić information content (AvgIpc) is 2.65. The average molecular weight is 339 g/mol. The zero-order valence-corrected chi connectivity index (χ0v) is 14.8. The first-order valence-corrected chi connectivity index (χ1v) is 8.56. The van der Waals surface area contributed by atoms with Gasteiger partial charge in [-0.3, -0.25) is 9.59 Å². The number of nitrogens with one attached hydrogen (secondary N) is 1. The Morgan fingerprint density at radius 2 is 1.80 bits per heavy atom. The monoisotopic (exact) mass is 339 g/mol. The maximum atomic E-state index is 12.2. The summed E-state index contributed by atoms with van der Waals surface area (Å²) in [5.74, 6) is 0.855. The molecule has 0 aliphatic heterocycles. The summed E-state index contributed by atoms with van der Waals surface area (Å²) in [5.41, 5.74) is 1.84. The SMILES string of the molecule is COc1cccc(C(=O)CCC(=O)NCC(C)Cc2ccccc2)c1. The molecule has 0 fully saturated rings. The van der Waals surface area contributed by atoms with Crippen LogP contribution in [0.2, 0.25) is 0 Å². The van der Waals surface area contributed by atoms with E-state index in [4.69, 9.17) is 4.74 Å². The number of ketones is 1. The van der Waals surface area contributed by atoms with E-state index in [-0.39, 0.29) is 24.5 Å². The van der Waals surface area contributed by atoms with E-state index in [1.54, 1.807) is 31.4 Å². The maximum Gasteiger partial charge on any atom is 0.220 e. The lowest BCUT2D eigenvalue weighted by Crippen LogP contribution is -2.29. The molecule has 1 amide bonds. The van der Waals surface area contributed by atoms with Crippen LogP contribution in [0.25, 0.3) is 0 Å². The molecule has 0 bridgehead atoms. The first kappa shape index (κ1) is 18.7. The lowest BCUT2D eigenvalue weighted by atomic mass is 10.0. The summed E-state index contributed by atoms with van der Waals surface area (Å²) < 4.78 is 5.11. The van der Waals surface area contributed by atoms with Crippen molar-refractivity contribution in [3.8, 4) is 5.75 Å². The van der Waals surface area contributed by atoms with Gasteiger partial charge < -0.3 is 10.1 Å². The number of carbonyl (C=O) groups is 2. The van der Waals surface area contributed by atoms with Crippen molar-refractivity contribution in [2.75, 3.05) is 13.7 Å². The molecule has 0 saturated heterocycles. The third-order valence-corrected chi connectivity index (χ3v) is 4.05. The zero-order chi connectivity index (χ0) is 18.1. The number of amides is 1. The lowest BCUT2D eigenvalue weighted by Gasteiger charge is -2.12. The fourth-order valence-electron chi connectivity index (χ4n) is 2.63. The minimum atomic E-state index is -0.0869. The first-order chi connectivity index (χ1) is 12.1. The number of ether oxygens (including phenoxy) is 1. The molecule has 0 heterocycles. The van der Waals surface area contributed by atoms with Gasteiger partial charge in [-0.1, -0.05) is 49.4 Å². The van der Waals surface area contributed by atoms with Crippen LogP contribution in [0.15, 0.2) is 54.6 Å². The molecular formula is C21H25NO3. The molecule has 2 aromatic rings. The van der Waals surface area contributed by atoms with E-state index >= 15 is 0 Å². The summed E-state index contributed by atoms with van der Waals surface area (Å²) >= 11 is 0. The third-order valence-electron chi connectivity index (χ3n) is 4.05. The Morgan fingerprint density at radius 1 is 1.04 bits per heavy atom. The Balaban J connectivity index is 1.72. The molecule has 1 N–H and O–H groups in total. The number of benzene rings is 2. The van der Waals surface area contributed by atoms with Crippen molar-refractivity contribution in [2.24, 2.45) is 5.92 Å². The maximum absolute atomic E-state index is 12.2. The predicted molar refractivity (Wildman–Crippen MR) is 98.9 cm³/mol. The van der Waals surface area contributed by atoms with Crippen LogP contribution in [0, 0.1) is 5.92 Å². The molecule has 0 spiro atoms. The van der Waals surface area contributed by atoms with Crippen LogP contribution in [0.4, 0.5) is 0 Å². The lowest BCUT2D eigenvalue weighted by molar-refractivity contribution is -0.121. The van der Waals surface area contributed by atoms with E-state index in [1.165, 1.54) is 5.56 Å². The van der Waals surface area contributed by atoms with Gasteiger partial charge >= 0.3 is 0 Å². The van der Waals surface area contributed by atoms with Gasteiger partial charge in [-0.2, -0.15) is 0 Å². The molecule has 2 rings (SSSR count). The van der Waals surface area contributed by atoms with E-state index in [0.29, 0.717) is 23.8 Å². The zero-order valence-electron chi connectivity index (χ0n) is 14.8. The van der Waals surface area contributed by atoms with Crippen LogP contribution in [0.5, 0.6) is 5.75 Å². The van der Waals surface area contributed by atoms with Crippen LogP contribution < -0.4 is 10.1 Å². The van der Waals surface area contributed by atoms with Gasteiger partial charge in [0.05, 0.1) is 7.11 Å². The minimum Gasteiger partial charge on any atom is -0.497 e. The molecule has 0 aliphatic carbocycles. The molecule has 132 valence electrons. The van der Waals surface area contributed by atoms with Gasteiger partial charge in [-0.05, 0) is 30.0 Å². The van der Waals surface area contributed by atoms with Gasteiger partial charge in [0.1, 0.15) is 5.75 Å². The summed E-state index contributed by atoms with van der Waals surface area (Å²) in [6.45, 7) is 2.72. The highest BCUT2D eigenvalue weighted by atomic mass is 16.5. The number of Topliss-reactive ketones (excluding diaryl/α,β-unsaturated/α-hetero) is 1. The van der Waals surface area contributed by atoms with Gasteiger partial charge in [0.25, 0.3) is 0 Å². The number of hydrogen-bond donors (Lipinski definition) is 1. The van der Waals surface area contributed by atoms with Crippen LogP contribution >= 0.6 is 0 Å². The Hall–Kier alpha value is -2.62. The Bertz CT molecular complexity index is 697. The van der Waals surface area contributed by atoms with E-state index in [1.807, 2.05) is 18.2 Å². The standard InChI is InChI=1S/C21H25NO3/c1-16(13-17-7-4-3-5-8-17)15-22-21(24)12-11-20(23)18-9-6-10-19(14-18)25-2/h3-10,14,16H,11-13,15H2,1-2H3,(H,22,24). The van der Waals surface area contributed by atoms with Gasteiger partial charge in [0, 0.05) is 24.9 Å². The minimum absolute atomic E-state index is 0.0496. The van der Waals surface area contributed by atoms with E-state index in [0.717, 1.165) is 6.42 Å². The van der Waals surface area contributed by atoms with Crippen LogP contribution in [0.1, 0.15) is 35.7 Å². The van der Waals surface area contributed by atoms with Gasteiger partial charge in [0.15, 0.2) is 5.78 Å². The van der Waals surface area contributed by atoms with Crippen molar-refractivity contribution in [1.29, 1.82) is 0 Å². The molecule has 4 heteroatoms. The molecular weight excluding hydrogens is 314 g/mol. The van der Waals surface area contributed by atoms with Gasteiger partial charge in [0.2, 0.25) is 5.91 Å². The van der Waals surface area contributed by atoms with Crippen molar-refractivity contribution >= 4 is 11.7 Å². The summed E-state index contributed by atoms with van der Waals surface area (Å²) in [5, 5.41) is 2.92. The molecule has 0 aromatic heterocycles. The topological polar surface area (TPSA) is 55.4 Å². The van der Waals surface area contributed by atoms with Gasteiger partial charge in [-0.15, -0.1) is 0 Å². The second kappa shape index (κ2) is 9.62. The molecule has 0 aliphatic rings. The first-order valence-electron chi connectivity index (χ1n) is 8.56. The van der Waals surface area contributed by atoms with Gasteiger partial charge in [-0.25, -0.2) is 0 Å². The second-order valence-electron chi connectivity index (χ2n) is 6.25. The van der Waals surface area contributed by atoms with Crippen molar-refractivity contribution in [3.05, 3.63) is 65.7 Å². The highest BCUT2D eigenvalue weighted by Gasteiger charge is 2.11. The van der Waals surface area contributed by atoms with E-state index in [2.05, 4.69) is 24.4 Å². The molecule has 25 heavy (non-hydrogen) atoms. The van der Waals surface area contributed by atoms with Crippen molar-refractivity contribution in [3.63, 3.8) is 0 Å². The normalized spacial score (nSPS) is 11.6. The fourth-order valence-corrected chi connectivity index (χ4v) is 2.63. The van der Waals surface area contributed by atoms with Crippen molar-refractivity contribution < 1.29 is 14.3 Å². The molecule has 0 radical (unpaired) electrons. The summed E-state index contributed by atoms with van der Waals surface area (Å²) in [7, 11) is 1.56. The Kier molecular flexibility index (Phi) is 7.20. The largest absolute Gasteiger partial charge is 0.497 e. The fraction of sp³-hybridized carbons (Fsp3) is 0.333. The molecule has 1 atom stereocenters. The summed E-state index contributed by atoms with van der Waals surface area (Å²) in [6.07, 6.45) is 1.32.